The van der Waals surface area contributed by atoms with Crippen LogP contribution < -0.4 is 15.4 Å². The first-order chi connectivity index (χ1) is 11.0. The predicted molar refractivity (Wildman–Crippen MR) is 95.3 cm³/mol. The molecule has 0 fully saturated rings. The Morgan fingerprint density at radius 3 is 2.83 bits per heavy atom. The van der Waals surface area contributed by atoms with Crippen LogP contribution in [0.25, 0.3) is 0 Å². The Labute approximate surface area is 149 Å². The number of hydrogen-bond acceptors (Lipinski definition) is 4. The van der Waals surface area contributed by atoms with Crippen molar-refractivity contribution >= 4 is 52.3 Å². The van der Waals surface area contributed by atoms with Crippen molar-refractivity contribution in [1.29, 1.82) is 0 Å². The van der Waals surface area contributed by atoms with Gasteiger partial charge in [0.15, 0.2) is 11.7 Å². The Balaban J connectivity index is 1.85. The zero-order valence-electron chi connectivity index (χ0n) is 12.1. The summed E-state index contributed by atoms with van der Waals surface area (Å²) in [5.41, 5.74) is 0.910. The van der Waals surface area contributed by atoms with E-state index in [0.717, 1.165) is 5.56 Å². The van der Waals surface area contributed by atoms with Crippen molar-refractivity contribution in [3.63, 3.8) is 0 Å². The van der Waals surface area contributed by atoms with Crippen LogP contribution in [0.2, 0.25) is 10.0 Å². The number of aryl methyl sites for hydroxylation is 1. The number of carbonyl (C=O) groups is 1. The average Bonchev–Trinajstić information content (AvgIpc) is 2.48. The van der Waals surface area contributed by atoms with Crippen LogP contribution in [-0.4, -0.2) is 22.6 Å². The second kappa shape index (κ2) is 8.10. The molecule has 1 amide bonds. The third-order valence-electron chi connectivity index (χ3n) is 2.75. The third kappa shape index (κ3) is 5.35. The van der Waals surface area contributed by atoms with Crippen LogP contribution in [-0.2, 0) is 4.79 Å². The minimum absolute atomic E-state index is 0.141. The molecule has 0 aliphatic heterocycles. The highest BCUT2D eigenvalue weighted by Gasteiger charge is 2.09. The van der Waals surface area contributed by atoms with Gasteiger partial charge >= 0.3 is 0 Å². The van der Waals surface area contributed by atoms with Crippen LogP contribution in [0.1, 0.15) is 5.56 Å². The molecule has 5 nitrogen and oxygen atoms in total. The molecule has 0 aliphatic rings. The van der Waals surface area contributed by atoms with E-state index in [1.807, 2.05) is 19.1 Å². The molecule has 1 aromatic heterocycles. The number of amides is 1. The van der Waals surface area contributed by atoms with Crippen molar-refractivity contribution in [2.75, 3.05) is 11.9 Å². The summed E-state index contributed by atoms with van der Waals surface area (Å²) in [6.07, 6.45) is 1.63. The second-order valence-corrected chi connectivity index (χ2v) is 5.79. The molecule has 23 heavy (non-hydrogen) atoms. The normalized spacial score (nSPS) is 10.0. The van der Waals surface area contributed by atoms with Gasteiger partial charge in [0.2, 0.25) is 0 Å². The van der Waals surface area contributed by atoms with Gasteiger partial charge in [-0.25, -0.2) is 4.98 Å². The number of benzene rings is 1. The highest BCUT2D eigenvalue weighted by Crippen LogP contribution is 2.27. The SMILES string of the molecule is Cc1cccnc1NC(=S)NC(=O)COc1ccc(Cl)cc1Cl. The van der Waals surface area contributed by atoms with E-state index in [4.69, 9.17) is 40.2 Å². The van der Waals surface area contributed by atoms with E-state index in [1.165, 1.54) is 6.07 Å². The summed E-state index contributed by atoms with van der Waals surface area (Å²) < 4.78 is 5.32. The number of anilines is 1. The van der Waals surface area contributed by atoms with E-state index >= 15 is 0 Å². The van der Waals surface area contributed by atoms with Crippen molar-refractivity contribution in [1.82, 2.24) is 10.3 Å². The van der Waals surface area contributed by atoms with Gasteiger partial charge in [0, 0.05) is 11.2 Å². The van der Waals surface area contributed by atoms with Crippen molar-refractivity contribution in [3.8, 4) is 5.75 Å². The van der Waals surface area contributed by atoms with Gasteiger partial charge in [-0.05, 0) is 49.0 Å². The van der Waals surface area contributed by atoms with Crippen LogP contribution in [0.5, 0.6) is 5.75 Å². The largest absolute Gasteiger partial charge is 0.482 e. The van der Waals surface area contributed by atoms with Crippen molar-refractivity contribution < 1.29 is 9.53 Å². The molecule has 0 unspecified atom stereocenters. The molecular weight excluding hydrogens is 357 g/mol. The van der Waals surface area contributed by atoms with Crippen molar-refractivity contribution in [3.05, 3.63) is 52.1 Å². The van der Waals surface area contributed by atoms with E-state index in [-0.39, 0.29) is 11.7 Å². The highest BCUT2D eigenvalue weighted by atomic mass is 35.5. The molecule has 1 aromatic carbocycles. The second-order valence-electron chi connectivity index (χ2n) is 4.53. The molecule has 2 N–H and O–H groups in total. The zero-order chi connectivity index (χ0) is 16.8. The quantitative estimate of drug-likeness (QED) is 0.806. The number of hydrogen-bond donors (Lipinski definition) is 2. The molecule has 0 spiro atoms. The zero-order valence-corrected chi connectivity index (χ0v) is 14.4. The lowest BCUT2D eigenvalue weighted by atomic mass is 10.3. The molecule has 8 heteroatoms. The number of ether oxygens (including phenoxy) is 1. The Morgan fingerprint density at radius 2 is 2.13 bits per heavy atom. The summed E-state index contributed by atoms with van der Waals surface area (Å²) in [6.45, 7) is 1.65. The van der Waals surface area contributed by atoms with E-state index in [9.17, 15) is 4.79 Å². The molecule has 0 aliphatic carbocycles. The fourth-order valence-electron chi connectivity index (χ4n) is 1.65. The van der Waals surface area contributed by atoms with E-state index in [0.29, 0.717) is 21.6 Å². The maximum Gasteiger partial charge on any atom is 0.264 e. The van der Waals surface area contributed by atoms with Gasteiger partial charge in [-0.3, -0.25) is 10.1 Å². The van der Waals surface area contributed by atoms with Gasteiger partial charge in [-0.1, -0.05) is 29.3 Å². The van der Waals surface area contributed by atoms with Gasteiger partial charge < -0.3 is 10.1 Å². The first-order valence-corrected chi connectivity index (χ1v) is 7.72. The molecular formula is C15H13Cl2N3O2S. The van der Waals surface area contributed by atoms with Gasteiger partial charge in [-0.2, -0.15) is 0 Å². The van der Waals surface area contributed by atoms with Gasteiger partial charge in [0.05, 0.1) is 5.02 Å². The summed E-state index contributed by atoms with van der Waals surface area (Å²) in [4.78, 5) is 16.0. The summed E-state index contributed by atoms with van der Waals surface area (Å²) in [7, 11) is 0. The van der Waals surface area contributed by atoms with Crippen LogP contribution in [0.15, 0.2) is 36.5 Å². The van der Waals surface area contributed by atoms with E-state index < -0.39 is 5.91 Å². The van der Waals surface area contributed by atoms with Gasteiger partial charge in [0.1, 0.15) is 11.6 Å². The minimum atomic E-state index is -0.415. The van der Waals surface area contributed by atoms with Crippen LogP contribution >= 0.6 is 35.4 Å². The Morgan fingerprint density at radius 1 is 1.35 bits per heavy atom. The van der Waals surface area contributed by atoms with Crippen LogP contribution in [0, 0.1) is 6.92 Å². The number of aromatic nitrogens is 1. The topological polar surface area (TPSA) is 63.2 Å². The molecule has 1 heterocycles. The Hall–Kier alpha value is -1.89. The fourth-order valence-corrected chi connectivity index (χ4v) is 2.33. The number of halogens is 2. The third-order valence-corrected chi connectivity index (χ3v) is 3.48. The first-order valence-electron chi connectivity index (χ1n) is 6.56. The highest BCUT2D eigenvalue weighted by molar-refractivity contribution is 7.80. The van der Waals surface area contributed by atoms with E-state index in [1.54, 1.807) is 18.3 Å². The molecule has 0 radical (unpaired) electrons. The maximum atomic E-state index is 11.8. The average molecular weight is 370 g/mol. The number of thiocarbonyl (C=S) groups is 1. The molecule has 2 rings (SSSR count). The first kappa shape index (κ1) is 17.5. The monoisotopic (exact) mass is 369 g/mol. The number of rotatable bonds is 4. The van der Waals surface area contributed by atoms with Gasteiger partial charge in [0.25, 0.3) is 5.91 Å². The molecule has 0 saturated carbocycles. The number of carbonyl (C=O) groups excluding carboxylic acids is 1. The summed E-state index contributed by atoms with van der Waals surface area (Å²) in [5.74, 6) is 0.534. The summed E-state index contributed by atoms with van der Waals surface area (Å²) in [6, 6.07) is 8.44. The smallest absolute Gasteiger partial charge is 0.264 e. The van der Waals surface area contributed by atoms with Crippen molar-refractivity contribution in [2.24, 2.45) is 0 Å². The predicted octanol–water partition coefficient (Wildman–Crippen LogP) is 3.59. The standard InChI is InChI=1S/C15H13Cl2N3O2S/c1-9-3-2-6-18-14(9)20-15(23)19-13(21)8-22-12-5-4-10(16)7-11(12)17/h2-7H,8H2,1H3,(H2,18,19,20,21,23). The molecule has 0 bridgehead atoms. The van der Waals surface area contributed by atoms with E-state index in [2.05, 4.69) is 15.6 Å². The molecule has 0 atom stereocenters. The Kier molecular flexibility index (Phi) is 6.15. The molecule has 120 valence electrons. The van der Waals surface area contributed by atoms with Crippen LogP contribution in [0.3, 0.4) is 0 Å². The lowest BCUT2D eigenvalue weighted by molar-refractivity contribution is -0.121. The lowest BCUT2D eigenvalue weighted by Crippen LogP contribution is -2.37. The molecule has 0 saturated heterocycles. The Bertz CT molecular complexity index is 740. The van der Waals surface area contributed by atoms with Gasteiger partial charge in [-0.15, -0.1) is 0 Å². The fraction of sp³-hybridized carbons (Fsp3) is 0.133. The number of nitrogens with one attached hydrogen (secondary N) is 2. The number of pyridine rings is 1. The maximum absolute atomic E-state index is 11.8. The lowest BCUT2D eigenvalue weighted by Gasteiger charge is -2.11. The summed E-state index contributed by atoms with van der Waals surface area (Å²) >= 11 is 16.8. The molecule has 2 aromatic rings. The number of nitrogens with zero attached hydrogens (tertiary/aromatic N) is 1. The minimum Gasteiger partial charge on any atom is -0.482 e. The summed E-state index contributed by atoms with van der Waals surface area (Å²) in [5, 5.41) is 6.31. The van der Waals surface area contributed by atoms with Crippen LogP contribution in [0.4, 0.5) is 5.82 Å². The van der Waals surface area contributed by atoms with Crippen molar-refractivity contribution in [2.45, 2.75) is 6.92 Å².